The Kier molecular flexibility index (Phi) is 5.21. The third kappa shape index (κ3) is 4.43. The smallest absolute Gasteiger partial charge is 0.0231 e. The van der Waals surface area contributed by atoms with E-state index in [9.17, 15) is 0 Å². The van der Waals surface area contributed by atoms with Gasteiger partial charge in [-0.15, -0.1) is 0 Å². The molecular weight excluding hydrogens is 220 g/mol. The van der Waals surface area contributed by atoms with Gasteiger partial charge >= 0.3 is 0 Å². The molecule has 0 spiro atoms. The topological polar surface area (TPSA) is 15.3 Å². The Morgan fingerprint density at radius 2 is 2.06 bits per heavy atom. The highest BCUT2D eigenvalue weighted by Crippen LogP contribution is 2.17. The van der Waals surface area contributed by atoms with Gasteiger partial charge in [-0.1, -0.05) is 42.7 Å². The summed E-state index contributed by atoms with van der Waals surface area (Å²) < 4.78 is 0. The summed E-state index contributed by atoms with van der Waals surface area (Å²) >= 11 is 0. The van der Waals surface area contributed by atoms with Crippen molar-refractivity contribution in [1.29, 1.82) is 0 Å². The second-order valence-electron chi connectivity index (χ2n) is 5.66. The van der Waals surface area contributed by atoms with E-state index in [0.29, 0.717) is 0 Å². The quantitative estimate of drug-likeness (QED) is 0.830. The minimum atomic E-state index is 0.789. The van der Waals surface area contributed by atoms with Gasteiger partial charge in [0, 0.05) is 25.7 Å². The zero-order valence-electron chi connectivity index (χ0n) is 11.8. The van der Waals surface area contributed by atoms with Gasteiger partial charge in [-0.2, -0.15) is 0 Å². The molecule has 100 valence electrons. The van der Waals surface area contributed by atoms with Crippen LogP contribution in [0.15, 0.2) is 24.3 Å². The van der Waals surface area contributed by atoms with Crippen molar-refractivity contribution in [2.45, 2.75) is 45.2 Å². The van der Waals surface area contributed by atoms with Gasteiger partial charge in [0.1, 0.15) is 0 Å². The number of hydrogen-bond acceptors (Lipinski definition) is 2. The van der Waals surface area contributed by atoms with Gasteiger partial charge in [0.2, 0.25) is 0 Å². The lowest BCUT2D eigenvalue weighted by atomic mass is 10.1. The van der Waals surface area contributed by atoms with E-state index < -0.39 is 0 Å². The van der Waals surface area contributed by atoms with Crippen molar-refractivity contribution in [2.24, 2.45) is 0 Å². The Morgan fingerprint density at radius 3 is 2.78 bits per heavy atom. The lowest BCUT2D eigenvalue weighted by Crippen LogP contribution is -2.34. The Balaban J connectivity index is 1.66. The first-order chi connectivity index (χ1) is 8.74. The second kappa shape index (κ2) is 6.91. The highest BCUT2D eigenvalue weighted by Gasteiger charge is 2.13. The normalized spacial score (nSPS) is 16.6. The third-order valence-corrected chi connectivity index (χ3v) is 3.82. The summed E-state index contributed by atoms with van der Waals surface area (Å²) in [4.78, 5) is 2.40. The van der Waals surface area contributed by atoms with Crippen LogP contribution in [0.3, 0.4) is 0 Å². The summed E-state index contributed by atoms with van der Waals surface area (Å²) in [5.41, 5.74) is 2.77. The van der Waals surface area contributed by atoms with Crippen LogP contribution in [0.1, 0.15) is 36.8 Å². The molecule has 1 aromatic carbocycles. The van der Waals surface area contributed by atoms with Crippen molar-refractivity contribution in [1.82, 2.24) is 10.2 Å². The van der Waals surface area contributed by atoms with Crippen molar-refractivity contribution in [2.75, 3.05) is 20.1 Å². The predicted octanol–water partition coefficient (Wildman–Crippen LogP) is 2.96. The van der Waals surface area contributed by atoms with E-state index in [2.05, 4.69) is 48.5 Å². The summed E-state index contributed by atoms with van der Waals surface area (Å²) in [6.45, 7) is 5.45. The molecule has 0 bridgehead atoms. The molecule has 0 aromatic heterocycles. The van der Waals surface area contributed by atoms with Crippen LogP contribution in [0.5, 0.6) is 0 Å². The molecule has 1 saturated carbocycles. The van der Waals surface area contributed by atoms with Gasteiger partial charge in [-0.05, 0) is 32.4 Å². The Morgan fingerprint density at radius 1 is 1.28 bits per heavy atom. The van der Waals surface area contributed by atoms with Crippen LogP contribution in [-0.4, -0.2) is 31.1 Å². The van der Waals surface area contributed by atoms with Gasteiger partial charge in [0.25, 0.3) is 0 Å². The van der Waals surface area contributed by atoms with Crippen molar-refractivity contribution in [3.8, 4) is 0 Å². The summed E-state index contributed by atoms with van der Waals surface area (Å²) in [5, 5.41) is 3.67. The zero-order chi connectivity index (χ0) is 12.8. The minimum absolute atomic E-state index is 0.789. The number of hydrogen-bond donors (Lipinski definition) is 1. The van der Waals surface area contributed by atoms with Gasteiger partial charge in [0.15, 0.2) is 0 Å². The largest absolute Gasteiger partial charge is 0.313 e. The lowest BCUT2D eigenvalue weighted by Gasteiger charge is -2.19. The zero-order valence-corrected chi connectivity index (χ0v) is 11.8. The van der Waals surface area contributed by atoms with Gasteiger partial charge < -0.3 is 10.2 Å². The molecule has 0 heterocycles. The Labute approximate surface area is 111 Å². The van der Waals surface area contributed by atoms with Gasteiger partial charge in [-0.25, -0.2) is 0 Å². The minimum Gasteiger partial charge on any atom is -0.313 e. The molecule has 0 saturated heterocycles. The van der Waals surface area contributed by atoms with Crippen LogP contribution in [0.4, 0.5) is 0 Å². The molecule has 2 heteroatoms. The number of benzene rings is 1. The summed E-state index contributed by atoms with van der Waals surface area (Å²) in [6, 6.07) is 9.59. The SMILES string of the molecule is Cc1cccc(CN(C)CCNC2CCCC2)c1. The molecule has 1 aliphatic rings. The fourth-order valence-electron chi connectivity index (χ4n) is 2.79. The monoisotopic (exact) mass is 246 g/mol. The molecule has 1 aliphatic carbocycles. The van der Waals surface area contributed by atoms with Crippen LogP contribution < -0.4 is 5.32 Å². The number of rotatable bonds is 6. The molecule has 2 rings (SSSR count). The predicted molar refractivity (Wildman–Crippen MR) is 77.8 cm³/mol. The molecule has 0 aliphatic heterocycles. The molecule has 2 nitrogen and oxygen atoms in total. The standard InChI is InChI=1S/C16H26N2/c1-14-6-5-7-15(12-14)13-18(2)11-10-17-16-8-3-4-9-16/h5-7,12,16-17H,3-4,8-11,13H2,1-2H3. The van der Waals surface area contributed by atoms with Crippen molar-refractivity contribution in [3.05, 3.63) is 35.4 Å². The summed E-state index contributed by atoms with van der Waals surface area (Å²) in [5.74, 6) is 0. The molecule has 0 atom stereocenters. The van der Waals surface area contributed by atoms with E-state index in [1.807, 2.05) is 0 Å². The molecule has 1 N–H and O–H groups in total. The van der Waals surface area contributed by atoms with Crippen LogP contribution in [0, 0.1) is 6.92 Å². The summed E-state index contributed by atoms with van der Waals surface area (Å²) in [6.07, 6.45) is 5.58. The lowest BCUT2D eigenvalue weighted by molar-refractivity contribution is 0.316. The van der Waals surface area contributed by atoms with Crippen molar-refractivity contribution >= 4 is 0 Å². The number of aryl methyl sites for hydroxylation is 1. The van der Waals surface area contributed by atoms with E-state index in [0.717, 1.165) is 25.7 Å². The maximum absolute atomic E-state index is 3.67. The van der Waals surface area contributed by atoms with Crippen LogP contribution in [-0.2, 0) is 6.54 Å². The van der Waals surface area contributed by atoms with Crippen LogP contribution >= 0.6 is 0 Å². The van der Waals surface area contributed by atoms with Gasteiger partial charge in [-0.3, -0.25) is 0 Å². The van der Waals surface area contributed by atoms with E-state index in [4.69, 9.17) is 0 Å². The van der Waals surface area contributed by atoms with Crippen molar-refractivity contribution in [3.63, 3.8) is 0 Å². The maximum atomic E-state index is 3.67. The third-order valence-electron chi connectivity index (χ3n) is 3.82. The molecule has 0 radical (unpaired) electrons. The number of nitrogens with zero attached hydrogens (tertiary/aromatic N) is 1. The highest BCUT2D eigenvalue weighted by molar-refractivity contribution is 5.21. The van der Waals surface area contributed by atoms with E-state index in [1.165, 1.54) is 36.8 Å². The molecule has 18 heavy (non-hydrogen) atoms. The van der Waals surface area contributed by atoms with Crippen LogP contribution in [0.25, 0.3) is 0 Å². The first-order valence-corrected chi connectivity index (χ1v) is 7.21. The molecule has 1 fully saturated rings. The molecule has 1 aromatic rings. The molecule has 0 amide bonds. The van der Waals surface area contributed by atoms with Crippen molar-refractivity contribution < 1.29 is 0 Å². The van der Waals surface area contributed by atoms with E-state index in [1.54, 1.807) is 0 Å². The molecule has 0 unspecified atom stereocenters. The number of likely N-dealkylation sites (N-methyl/N-ethyl adjacent to an activating group) is 1. The average Bonchev–Trinajstić information content (AvgIpc) is 2.82. The van der Waals surface area contributed by atoms with E-state index in [-0.39, 0.29) is 0 Å². The highest BCUT2D eigenvalue weighted by atomic mass is 15.1. The van der Waals surface area contributed by atoms with Gasteiger partial charge in [0.05, 0.1) is 0 Å². The average molecular weight is 246 g/mol. The van der Waals surface area contributed by atoms with E-state index >= 15 is 0 Å². The first kappa shape index (κ1) is 13.6. The van der Waals surface area contributed by atoms with Crippen LogP contribution in [0.2, 0.25) is 0 Å². The fourth-order valence-corrected chi connectivity index (χ4v) is 2.79. The first-order valence-electron chi connectivity index (χ1n) is 7.21. The fraction of sp³-hybridized carbons (Fsp3) is 0.625. The maximum Gasteiger partial charge on any atom is 0.0231 e. The molecular formula is C16H26N2. The number of nitrogens with one attached hydrogen (secondary N) is 1. The Hall–Kier alpha value is -0.860. The second-order valence-corrected chi connectivity index (χ2v) is 5.66. The summed E-state index contributed by atoms with van der Waals surface area (Å²) in [7, 11) is 2.21. The Bertz CT molecular complexity index is 356.